The summed E-state index contributed by atoms with van der Waals surface area (Å²) in [6.07, 6.45) is 8.42. The first-order chi connectivity index (χ1) is 18.4. The number of benzene rings is 2. The third kappa shape index (κ3) is 3.88. The fourth-order valence-corrected chi connectivity index (χ4v) is 5.31. The molecule has 0 unspecified atom stereocenters. The van der Waals surface area contributed by atoms with E-state index >= 15 is 0 Å². The summed E-state index contributed by atoms with van der Waals surface area (Å²) in [5, 5.41) is 4.05. The highest BCUT2D eigenvalue weighted by atomic mass is 16.2. The molecule has 0 radical (unpaired) electrons. The molecule has 0 saturated carbocycles. The number of anilines is 2. The van der Waals surface area contributed by atoms with Gasteiger partial charge < -0.3 is 20.5 Å². The average molecular weight is 506 g/mol. The lowest BCUT2D eigenvalue weighted by atomic mass is 10.1. The summed E-state index contributed by atoms with van der Waals surface area (Å²) >= 11 is 0. The molecule has 9 heteroatoms. The number of imidazole rings is 1. The molecule has 1 fully saturated rings. The Morgan fingerprint density at radius 2 is 2.03 bits per heavy atom. The first kappa shape index (κ1) is 23.5. The van der Waals surface area contributed by atoms with Crippen LogP contribution in [0.2, 0.25) is 0 Å². The van der Waals surface area contributed by atoms with Crippen LogP contribution in [-0.2, 0) is 11.8 Å². The zero-order valence-corrected chi connectivity index (χ0v) is 21.0. The number of nitrogens with one attached hydrogen (secondary N) is 1. The Hall–Kier alpha value is -4.92. The minimum Gasteiger partial charge on any atom is -0.382 e. The van der Waals surface area contributed by atoms with Gasteiger partial charge in [-0.2, -0.15) is 0 Å². The van der Waals surface area contributed by atoms with E-state index in [1.54, 1.807) is 23.2 Å². The van der Waals surface area contributed by atoms with Gasteiger partial charge in [-0.3, -0.25) is 14.0 Å². The molecule has 2 amide bonds. The Morgan fingerprint density at radius 1 is 1.16 bits per heavy atom. The summed E-state index contributed by atoms with van der Waals surface area (Å²) in [6.45, 7) is 4.29. The van der Waals surface area contributed by atoms with Crippen LogP contribution in [0.15, 0.2) is 79.8 Å². The molecule has 190 valence electrons. The van der Waals surface area contributed by atoms with Crippen LogP contribution in [-0.4, -0.2) is 42.2 Å². The lowest BCUT2D eigenvalue weighted by Gasteiger charge is -2.22. The van der Waals surface area contributed by atoms with Crippen LogP contribution < -0.4 is 11.1 Å². The topological polar surface area (TPSA) is 111 Å². The van der Waals surface area contributed by atoms with Crippen LogP contribution in [0.4, 0.5) is 11.5 Å². The monoisotopic (exact) mass is 505 g/mol. The van der Waals surface area contributed by atoms with Gasteiger partial charge in [-0.05, 0) is 55.3 Å². The van der Waals surface area contributed by atoms with E-state index in [4.69, 9.17) is 10.7 Å². The third-order valence-corrected chi connectivity index (χ3v) is 7.16. The van der Waals surface area contributed by atoms with Crippen LogP contribution in [0.1, 0.15) is 35.1 Å². The van der Waals surface area contributed by atoms with Gasteiger partial charge in [0.1, 0.15) is 22.9 Å². The van der Waals surface area contributed by atoms with E-state index in [1.807, 2.05) is 64.8 Å². The molecule has 9 nitrogen and oxygen atoms in total. The van der Waals surface area contributed by atoms with E-state index in [1.165, 1.54) is 6.08 Å². The van der Waals surface area contributed by atoms with Crippen molar-refractivity contribution in [3.05, 3.63) is 91.2 Å². The molecule has 3 aromatic heterocycles. The van der Waals surface area contributed by atoms with Gasteiger partial charge in [0.25, 0.3) is 5.91 Å². The minimum atomic E-state index is -0.226. The molecule has 1 saturated heterocycles. The number of carbonyl (C=O) groups is 2. The second-order valence-electron chi connectivity index (χ2n) is 9.48. The van der Waals surface area contributed by atoms with Crippen molar-refractivity contribution in [2.75, 3.05) is 17.6 Å². The van der Waals surface area contributed by atoms with Gasteiger partial charge in [-0.15, -0.1) is 0 Å². The molecule has 4 heterocycles. The quantitative estimate of drug-likeness (QED) is 0.340. The third-order valence-electron chi connectivity index (χ3n) is 7.16. The van der Waals surface area contributed by atoms with Gasteiger partial charge in [0.15, 0.2) is 0 Å². The standard InChI is InChI=1S/C29H27N7O2/c1-3-24(37)35-13-5-8-23(35)28-33-25(26-27(30)31-12-15-36(26)28)19-6-4-7-20(16-19)29(38)32-21-9-10-22-18(17-21)11-14-34(22)2/h3-4,6-7,9-12,14-17,23H,1,5,8,13H2,2H3,(H2,30,31)(H,32,38)/t23-/m0/s1. The Kier molecular flexibility index (Phi) is 5.68. The Bertz CT molecular complexity index is 1730. The number of likely N-dealkylation sites (tertiary alicyclic amines) is 1. The minimum absolute atomic E-state index is 0.125. The largest absolute Gasteiger partial charge is 0.382 e. The van der Waals surface area contributed by atoms with E-state index in [0.29, 0.717) is 35.0 Å². The molecule has 5 aromatic rings. The van der Waals surface area contributed by atoms with Crippen molar-refractivity contribution in [3.8, 4) is 11.3 Å². The number of aromatic nitrogens is 4. The summed E-state index contributed by atoms with van der Waals surface area (Å²) in [4.78, 5) is 36.8. The van der Waals surface area contributed by atoms with Gasteiger partial charge in [-0.25, -0.2) is 9.97 Å². The molecule has 2 aromatic carbocycles. The number of hydrogen-bond donors (Lipinski definition) is 2. The number of carbonyl (C=O) groups excluding carboxylic acids is 2. The molecule has 0 spiro atoms. The summed E-state index contributed by atoms with van der Waals surface area (Å²) in [6, 6.07) is 14.9. The van der Waals surface area contributed by atoms with Crippen molar-refractivity contribution >= 4 is 39.7 Å². The first-order valence-corrected chi connectivity index (χ1v) is 12.5. The van der Waals surface area contributed by atoms with E-state index in [-0.39, 0.29) is 17.9 Å². The van der Waals surface area contributed by atoms with E-state index in [0.717, 1.165) is 35.0 Å². The lowest BCUT2D eigenvalue weighted by Crippen LogP contribution is -2.29. The number of nitrogen functional groups attached to an aromatic ring is 1. The predicted octanol–water partition coefficient (Wildman–Crippen LogP) is 4.57. The Balaban J connectivity index is 1.37. The van der Waals surface area contributed by atoms with Crippen molar-refractivity contribution in [1.82, 2.24) is 23.8 Å². The number of fused-ring (bicyclic) bond motifs is 2. The van der Waals surface area contributed by atoms with E-state index in [9.17, 15) is 9.59 Å². The SMILES string of the molecule is C=CC(=O)N1CCC[C@H]1c1nc(-c2cccc(C(=O)Nc3ccc4c(ccn4C)c3)c2)c2c(N)nccn12. The normalized spacial score (nSPS) is 15.3. The fourth-order valence-electron chi connectivity index (χ4n) is 5.31. The number of aryl methyl sites for hydroxylation is 1. The van der Waals surface area contributed by atoms with Crippen LogP contribution in [0.3, 0.4) is 0 Å². The van der Waals surface area contributed by atoms with Gasteiger partial charge in [-0.1, -0.05) is 18.7 Å². The summed E-state index contributed by atoms with van der Waals surface area (Å²) in [5.41, 5.74) is 10.6. The van der Waals surface area contributed by atoms with E-state index in [2.05, 4.69) is 16.9 Å². The maximum atomic E-state index is 13.2. The second-order valence-corrected chi connectivity index (χ2v) is 9.48. The van der Waals surface area contributed by atoms with Crippen molar-refractivity contribution in [2.24, 2.45) is 7.05 Å². The maximum Gasteiger partial charge on any atom is 0.255 e. The van der Waals surface area contributed by atoms with Crippen LogP contribution in [0.5, 0.6) is 0 Å². The molecule has 1 aliphatic heterocycles. The second kappa shape index (κ2) is 9.19. The number of nitrogens with zero attached hydrogens (tertiary/aromatic N) is 5. The highest BCUT2D eigenvalue weighted by Crippen LogP contribution is 2.36. The molecule has 38 heavy (non-hydrogen) atoms. The Labute approximate surface area is 219 Å². The Morgan fingerprint density at radius 3 is 2.87 bits per heavy atom. The average Bonchev–Trinajstić information content (AvgIpc) is 3.66. The summed E-state index contributed by atoms with van der Waals surface area (Å²) < 4.78 is 3.94. The number of rotatable bonds is 5. The van der Waals surface area contributed by atoms with Crippen molar-refractivity contribution in [3.63, 3.8) is 0 Å². The van der Waals surface area contributed by atoms with Gasteiger partial charge in [0.05, 0.1) is 6.04 Å². The smallest absolute Gasteiger partial charge is 0.255 e. The molecule has 0 bridgehead atoms. The molecule has 1 aliphatic rings. The van der Waals surface area contributed by atoms with Crippen molar-refractivity contribution in [2.45, 2.75) is 18.9 Å². The van der Waals surface area contributed by atoms with E-state index < -0.39 is 0 Å². The van der Waals surface area contributed by atoms with Gasteiger partial charge in [0.2, 0.25) is 5.91 Å². The predicted molar refractivity (Wildman–Crippen MR) is 148 cm³/mol. The number of hydrogen-bond acceptors (Lipinski definition) is 5. The zero-order chi connectivity index (χ0) is 26.4. The van der Waals surface area contributed by atoms with Gasteiger partial charge in [0, 0.05) is 59.9 Å². The number of nitrogens with two attached hydrogens (primary N) is 1. The molecule has 0 aliphatic carbocycles. The fraction of sp³-hybridized carbons (Fsp3) is 0.172. The highest BCUT2D eigenvalue weighted by Gasteiger charge is 2.33. The number of amides is 2. The molecule has 3 N–H and O–H groups in total. The first-order valence-electron chi connectivity index (χ1n) is 12.5. The van der Waals surface area contributed by atoms with Crippen molar-refractivity contribution < 1.29 is 9.59 Å². The molecular weight excluding hydrogens is 478 g/mol. The molecule has 1 atom stereocenters. The molecular formula is C29H27N7O2. The maximum absolute atomic E-state index is 13.2. The molecule has 6 rings (SSSR count). The lowest BCUT2D eigenvalue weighted by molar-refractivity contribution is -0.127. The summed E-state index contributed by atoms with van der Waals surface area (Å²) in [5.74, 6) is 0.686. The van der Waals surface area contributed by atoms with Crippen molar-refractivity contribution in [1.29, 1.82) is 0 Å². The van der Waals surface area contributed by atoms with Crippen LogP contribution in [0, 0.1) is 0 Å². The summed E-state index contributed by atoms with van der Waals surface area (Å²) in [7, 11) is 1.99. The van der Waals surface area contributed by atoms with Gasteiger partial charge >= 0.3 is 0 Å². The van der Waals surface area contributed by atoms with Crippen LogP contribution in [0.25, 0.3) is 27.7 Å². The van der Waals surface area contributed by atoms with Crippen LogP contribution >= 0.6 is 0 Å². The highest BCUT2D eigenvalue weighted by molar-refractivity contribution is 6.06. The zero-order valence-electron chi connectivity index (χ0n) is 21.0.